The molecule has 0 bridgehead atoms. The van der Waals surface area contributed by atoms with Crippen molar-refractivity contribution in [2.45, 2.75) is 82.4 Å². The van der Waals surface area contributed by atoms with Gasteiger partial charge in [-0.25, -0.2) is 13.8 Å². The van der Waals surface area contributed by atoms with Gasteiger partial charge in [0.15, 0.2) is 11.6 Å². The van der Waals surface area contributed by atoms with E-state index in [0.717, 1.165) is 69.4 Å². The molecule has 202 valence electrons. The van der Waals surface area contributed by atoms with Gasteiger partial charge in [-0.1, -0.05) is 74.9 Å². The number of amides is 1. The van der Waals surface area contributed by atoms with Gasteiger partial charge in [-0.05, 0) is 48.8 Å². The van der Waals surface area contributed by atoms with E-state index >= 15 is 4.39 Å². The summed E-state index contributed by atoms with van der Waals surface area (Å²) in [7, 11) is 1.55. The molecule has 0 saturated heterocycles. The molecule has 38 heavy (non-hydrogen) atoms. The quantitative estimate of drug-likeness (QED) is 0.343. The number of imidazole rings is 1. The van der Waals surface area contributed by atoms with Crippen molar-refractivity contribution in [3.63, 3.8) is 0 Å². The highest BCUT2D eigenvalue weighted by atomic mass is 19.2. The number of rotatable bonds is 8. The van der Waals surface area contributed by atoms with Gasteiger partial charge >= 0.3 is 0 Å². The van der Waals surface area contributed by atoms with Gasteiger partial charge in [-0.15, -0.1) is 0 Å². The minimum absolute atomic E-state index is 0.0389. The van der Waals surface area contributed by atoms with Gasteiger partial charge < -0.3 is 14.6 Å². The van der Waals surface area contributed by atoms with Gasteiger partial charge in [-0.2, -0.15) is 0 Å². The van der Waals surface area contributed by atoms with E-state index in [0.29, 0.717) is 5.56 Å². The highest BCUT2D eigenvalue weighted by Crippen LogP contribution is 2.40. The van der Waals surface area contributed by atoms with Crippen molar-refractivity contribution in [3.05, 3.63) is 77.6 Å². The van der Waals surface area contributed by atoms with E-state index in [1.165, 1.54) is 6.42 Å². The predicted molar refractivity (Wildman–Crippen MR) is 144 cm³/mol. The summed E-state index contributed by atoms with van der Waals surface area (Å²) < 4.78 is 38.1. The SMILES string of the molecule is COC(c1ccccc1)c1ccc(F)c(F)c1-c1nccn1[C@H](C(=O)NC1CCCCC1)C1CCCCC1. The molecule has 2 saturated carbocycles. The van der Waals surface area contributed by atoms with Crippen molar-refractivity contribution in [1.82, 2.24) is 14.9 Å². The second kappa shape index (κ2) is 12.2. The van der Waals surface area contributed by atoms with E-state index in [1.54, 1.807) is 30.1 Å². The largest absolute Gasteiger partial charge is 0.372 e. The van der Waals surface area contributed by atoms with E-state index in [-0.39, 0.29) is 29.3 Å². The van der Waals surface area contributed by atoms with E-state index in [2.05, 4.69) is 10.3 Å². The first-order chi connectivity index (χ1) is 18.6. The first kappa shape index (κ1) is 26.5. The molecule has 5 nitrogen and oxygen atoms in total. The summed E-state index contributed by atoms with van der Waals surface area (Å²) in [5.41, 5.74) is 1.33. The third-order valence-electron chi connectivity index (χ3n) is 8.26. The van der Waals surface area contributed by atoms with Crippen LogP contribution in [0, 0.1) is 17.6 Å². The molecule has 5 rings (SSSR count). The van der Waals surface area contributed by atoms with Gasteiger partial charge in [0.2, 0.25) is 5.91 Å². The molecule has 0 spiro atoms. The van der Waals surface area contributed by atoms with Crippen LogP contribution in [0.15, 0.2) is 54.9 Å². The fourth-order valence-corrected chi connectivity index (χ4v) is 6.36. The molecule has 1 aromatic heterocycles. The highest BCUT2D eigenvalue weighted by molar-refractivity contribution is 5.82. The van der Waals surface area contributed by atoms with Crippen LogP contribution >= 0.6 is 0 Å². The van der Waals surface area contributed by atoms with Crippen LogP contribution in [-0.2, 0) is 9.53 Å². The molecule has 2 aliphatic rings. The topological polar surface area (TPSA) is 56.2 Å². The summed E-state index contributed by atoms with van der Waals surface area (Å²) in [6.07, 6.45) is 13.2. The van der Waals surface area contributed by atoms with Gasteiger partial charge in [0.1, 0.15) is 18.0 Å². The first-order valence-corrected chi connectivity index (χ1v) is 14.0. The lowest BCUT2D eigenvalue weighted by Crippen LogP contribution is -2.43. The van der Waals surface area contributed by atoms with Gasteiger partial charge in [-0.3, -0.25) is 4.79 Å². The van der Waals surface area contributed by atoms with Gasteiger partial charge in [0, 0.05) is 25.5 Å². The van der Waals surface area contributed by atoms with Crippen molar-refractivity contribution in [2.75, 3.05) is 7.11 Å². The lowest BCUT2D eigenvalue weighted by Gasteiger charge is -2.33. The molecule has 3 aromatic rings. The Morgan fingerprint density at radius 1 is 0.974 bits per heavy atom. The molecule has 1 heterocycles. The number of methoxy groups -OCH3 is 1. The van der Waals surface area contributed by atoms with Crippen LogP contribution in [-0.4, -0.2) is 28.6 Å². The Hall–Kier alpha value is -3.06. The highest BCUT2D eigenvalue weighted by Gasteiger charge is 2.35. The monoisotopic (exact) mass is 521 g/mol. The fraction of sp³-hybridized carbons (Fsp3) is 0.484. The molecule has 0 radical (unpaired) electrons. The lowest BCUT2D eigenvalue weighted by molar-refractivity contribution is -0.127. The van der Waals surface area contributed by atoms with Gasteiger partial charge in [0.25, 0.3) is 0 Å². The maximum atomic E-state index is 15.7. The van der Waals surface area contributed by atoms with Crippen LogP contribution in [0.25, 0.3) is 11.4 Å². The number of nitrogens with one attached hydrogen (secondary N) is 1. The zero-order chi connectivity index (χ0) is 26.5. The molecule has 1 N–H and O–H groups in total. The summed E-state index contributed by atoms with van der Waals surface area (Å²) in [5.74, 6) is -1.63. The third-order valence-corrected chi connectivity index (χ3v) is 8.26. The van der Waals surface area contributed by atoms with Crippen molar-refractivity contribution in [3.8, 4) is 11.4 Å². The van der Waals surface area contributed by atoms with Crippen molar-refractivity contribution in [1.29, 1.82) is 0 Å². The number of hydrogen-bond donors (Lipinski definition) is 1. The maximum Gasteiger partial charge on any atom is 0.243 e. The third kappa shape index (κ3) is 5.53. The molecule has 2 atom stereocenters. The van der Waals surface area contributed by atoms with Crippen LogP contribution in [0.1, 0.15) is 87.5 Å². The molecule has 7 heteroatoms. The molecule has 2 fully saturated rings. The first-order valence-electron chi connectivity index (χ1n) is 14.0. The minimum atomic E-state index is -0.983. The summed E-state index contributed by atoms with van der Waals surface area (Å²) in [6.45, 7) is 0. The van der Waals surface area contributed by atoms with Crippen molar-refractivity contribution in [2.24, 2.45) is 5.92 Å². The zero-order valence-corrected chi connectivity index (χ0v) is 22.0. The van der Waals surface area contributed by atoms with Crippen LogP contribution in [0.2, 0.25) is 0 Å². The second-order valence-electron chi connectivity index (χ2n) is 10.7. The Labute approximate surface area is 223 Å². The number of carbonyl (C=O) groups excluding carboxylic acids is 1. The molecule has 2 aliphatic carbocycles. The average molecular weight is 522 g/mol. The van der Waals surface area contributed by atoms with Crippen LogP contribution < -0.4 is 5.32 Å². The molecule has 1 amide bonds. The summed E-state index contributed by atoms with van der Waals surface area (Å²) in [5, 5.41) is 3.30. The van der Waals surface area contributed by atoms with E-state index in [9.17, 15) is 9.18 Å². The van der Waals surface area contributed by atoms with Gasteiger partial charge in [0.05, 0.1) is 5.56 Å². The molecule has 2 aromatic carbocycles. The molecule has 1 unspecified atom stereocenters. The van der Waals surface area contributed by atoms with Crippen molar-refractivity contribution < 1.29 is 18.3 Å². The standard InChI is InChI=1S/C31H37F2N3O2/c1-38-29(22-13-7-3-8-14-22)24-17-18-25(32)27(33)26(24)30-34-19-20-36(30)28(21-11-5-2-6-12-21)31(37)35-23-15-9-4-10-16-23/h3,7-8,13-14,17-21,23,28-29H,2,4-6,9-12,15-16H2,1H3,(H,35,37)/t28-,29?/m0/s1. The van der Waals surface area contributed by atoms with Crippen LogP contribution in [0.4, 0.5) is 8.78 Å². The van der Waals surface area contributed by atoms with E-state index in [1.807, 2.05) is 30.3 Å². The second-order valence-corrected chi connectivity index (χ2v) is 10.7. The summed E-state index contributed by atoms with van der Waals surface area (Å²) in [4.78, 5) is 18.4. The zero-order valence-electron chi connectivity index (χ0n) is 22.0. The molecular weight excluding hydrogens is 484 g/mol. The van der Waals surface area contributed by atoms with E-state index in [4.69, 9.17) is 4.74 Å². The number of carbonyl (C=O) groups is 1. The summed E-state index contributed by atoms with van der Waals surface area (Å²) >= 11 is 0. The van der Waals surface area contributed by atoms with E-state index < -0.39 is 23.8 Å². The number of hydrogen-bond acceptors (Lipinski definition) is 3. The summed E-state index contributed by atoms with van der Waals surface area (Å²) in [6, 6.07) is 11.8. The Morgan fingerprint density at radius 2 is 1.66 bits per heavy atom. The van der Waals surface area contributed by atoms with Crippen LogP contribution in [0.3, 0.4) is 0 Å². The van der Waals surface area contributed by atoms with Crippen LogP contribution in [0.5, 0.6) is 0 Å². The number of nitrogens with zero attached hydrogens (tertiary/aromatic N) is 2. The van der Waals surface area contributed by atoms with Crippen molar-refractivity contribution >= 4 is 5.91 Å². The molecular formula is C31H37F2N3O2. The fourth-order valence-electron chi connectivity index (χ4n) is 6.36. The number of aromatic nitrogens is 2. The number of benzene rings is 2. The minimum Gasteiger partial charge on any atom is -0.372 e. The Balaban J connectivity index is 1.59. The Kier molecular flexibility index (Phi) is 8.52. The maximum absolute atomic E-state index is 15.7. The Morgan fingerprint density at radius 3 is 2.34 bits per heavy atom. The number of ether oxygens (including phenoxy) is 1. The number of halogens is 2. The average Bonchev–Trinajstić information content (AvgIpc) is 3.42. The Bertz CT molecular complexity index is 1220. The lowest BCUT2D eigenvalue weighted by atomic mass is 9.82. The molecule has 0 aliphatic heterocycles. The smallest absolute Gasteiger partial charge is 0.243 e. The normalized spacial score (nSPS) is 18.7. The predicted octanol–water partition coefficient (Wildman–Crippen LogP) is 7.13.